The van der Waals surface area contributed by atoms with Crippen LogP contribution in [0, 0.1) is 11.3 Å². The quantitative estimate of drug-likeness (QED) is 0.518. The summed E-state index contributed by atoms with van der Waals surface area (Å²) in [5.74, 6) is 0.522. The molecule has 0 amide bonds. The second-order valence-electron chi connectivity index (χ2n) is 5.78. The lowest BCUT2D eigenvalue weighted by atomic mass is 9.82. The Balaban J connectivity index is 2.85. The van der Waals surface area contributed by atoms with Gasteiger partial charge in [-0.2, -0.15) is 0 Å². The fraction of sp³-hybridized carbons (Fsp3) is 0.667. The summed E-state index contributed by atoms with van der Waals surface area (Å²) >= 11 is 0. The summed E-state index contributed by atoms with van der Waals surface area (Å²) in [4.78, 5) is 11.8. The largest absolute Gasteiger partial charge is 0.392 e. The molecule has 1 N–H and O–H groups in total. The van der Waals surface area contributed by atoms with Gasteiger partial charge in [0.05, 0.1) is 6.10 Å². The van der Waals surface area contributed by atoms with Crippen LogP contribution in [-0.4, -0.2) is 17.0 Å². The standard InChI is InChI=1S/C15H24O2/c1-11-5-7-13(16)12(2)6-8-14(17)15(3,4)10-9-11/h9-11,14,17H,2,5-8H2,1,3-4H3/b10-9-/t11-,14-/m1/s1. The smallest absolute Gasteiger partial charge is 0.158 e. The van der Waals surface area contributed by atoms with Crippen molar-refractivity contribution in [2.45, 2.75) is 52.6 Å². The van der Waals surface area contributed by atoms with Gasteiger partial charge in [-0.3, -0.25) is 4.79 Å². The third kappa shape index (κ3) is 4.12. The van der Waals surface area contributed by atoms with E-state index in [1.165, 1.54) is 0 Å². The first kappa shape index (κ1) is 14.2. The molecule has 0 aromatic heterocycles. The fourth-order valence-corrected chi connectivity index (χ4v) is 1.98. The Morgan fingerprint density at radius 3 is 2.65 bits per heavy atom. The van der Waals surface area contributed by atoms with E-state index in [9.17, 15) is 9.90 Å². The molecule has 1 aliphatic carbocycles. The van der Waals surface area contributed by atoms with Crippen LogP contribution in [0.3, 0.4) is 0 Å². The highest BCUT2D eigenvalue weighted by atomic mass is 16.3. The number of hydrogen-bond donors (Lipinski definition) is 1. The highest BCUT2D eigenvalue weighted by Gasteiger charge is 2.26. The Morgan fingerprint density at radius 2 is 2.00 bits per heavy atom. The molecular formula is C15H24O2. The lowest BCUT2D eigenvalue weighted by Gasteiger charge is -2.27. The van der Waals surface area contributed by atoms with Crippen LogP contribution in [0.15, 0.2) is 24.3 Å². The number of allylic oxidation sites excluding steroid dienone is 2. The van der Waals surface area contributed by atoms with Gasteiger partial charge in [-0.25, -0.2) is 0 Å². The molecule has 0 fully saturated rings. The first-order valence-electron chi connectivity index (χ1n) is 6.41. The van der Waals surface area contributed by atoms with E-state index >= 15 is 0 Å². The number of aliphatic hydroxyl groups excluding tert-OH is 1. The number of rotatable bonds is 0. The van der Waals surface area contributed by atoms with Gasteiger partial charge in [0.15, 0.2) is 5.78 Å². The molecule has 0 aromatic rings. The zero-order valence-electron chi connectivity index (χ0n) is 11.2. The van der Waals surface area contributed by atoms with Gasteiger partial charge in [-0.1, -0.05) is 39.5 Å². The second kappa shape index (κ2) is 5.63. The van der Waals surface area contributed by atoms with Crippen molar-refractivity contribution in [1.82, 2.24) is 0 Å². The maximum absolute atomic E-state index is 11.8. The minimum atomic E-state index is -0.423. The average molecular weight is 236 g/mol. The lowest BCUT2D eigenvalue weighted by molar-refractivity contribution is -0.115. The van der Waals surface area contributed by atoms with Gasteiger partial charge in [-0.15, -0.1) is 0 Å². The van der Waals surface area contributed by atoms with Crippen LogP contribution in [0.2, 0.25) is 0 Å². The summed E-state index contributed by atoms with van der Waals surface area (Å²) in [5, 5.41) is 10.1. The summed E-state index contributed by atoms with van der Waals surface area (Å²) < 4.78 is 0. The Kier molecular flexibility index (Phi) is 4.70. The van der Waals surface area contributed by atoms with Crippen molar-refractivity contribution in [3.8, 4) is 0 Å². The molecule has 2 atom stereocenters. The third-order valence-corrected chi connectivity index (χ3v) is 3.65. The normalized spacial score (nSPS) is 32.9. The van der Waals surface area contributed by atoms with Crippen molar-refractivity contribution >= 4 is 5.78 Å². The molecule has 1 rings (SSSR count). The highest BCUT2D eigenvalue weighted by Crippen LogP contribution is 2.29. The summed E-state index contributed by atoms with van der Waals surface area (Å²) in [6.07, 6.45) is 6.42. The number of carbonyl (C=O) groups excluding carboxylic acids is 1. The van der Waals surface area contributed by atoms with E-state index in [0.29, 0.717) is 30.8 Å². The molecule has 0 unspecified atom stereocenters. The van der Waals surface area contributed by atoms with E-state index in [2.05, 4.69) is 25.7 Å². The maximum Gasteiger partial charge on any atom is 0.158 e. The second-order valence-corrected chi connectivity index (χ2v) is 5.78. The van der Waals surface area contributed by atoms with Crippen LogP contribution in [0.4, 0.5) is 0 Å². The molecule has 2 nitrogen and oxygen atoms in total. The molecule has 0 spiro atoms. The number of Topliss-reactive ketones (excluding diaryl/α,β-unsaturated/α-hetero) is 1. The predicted molar refractivity (Wildman–Crippen MR) is 70.7 cm³/mol. The SMILES string of the molecule is C=C1CC[C@@H](O)C(C)(C)/C=C\[C@H](C)CCC1=O. The van der Waals surface area contributed by atoms with E-state index in [1.807, 2.05) is 13.8 Å². The zero-order valence-corrected chi connectivity index (χ0v) is 11.2. The van der Waals surface area contributed by atoms with E-state index in [0.717, 1.165) is 6.42 Å². The van der Waals surface area contributed by atoms with Crippen molar-refractivity contribution in [2.24, 2.45) is 11.3 Å². The van der Waals surface area contributed by atoms with Crippen molar-refractivity contribution in [3.63, 3.8) is 0 Å². The van der Waals surface area contributed by atoms with E-state index in [-0.39, 0.29) is 11.2 Å². The minimum Gasteiger partial charge on any atom is -0.392 e. The Hall–Kier alpha value is -0.890. The third-order valence-electron chi connectivity index (χ3n) is 3.65. The summed E-state index contributed by atoms with van der Waals surface area (Å²) in [5.41, 5.74) is 0.427. The Labute approximate surface area is 104 Å². The van der Waals surface area contributed by atoms with Gasteiger partial charge in [0, 0.05) is 11.8 Å². The summed E-state index contributed by atoms with van der Waals surface area (Å²) in [6, 6.07) is 0. The molecule has 2 heteroatoms. The number of ketones is 1. The molecule has 0 heterocycles. The average Bonchev–Trinajstić information content (AvgIpc) is 2.29. The Bertz CT molecular complexity index is 326. The van der Waals surface area contributed by atoms with Crippen LogP contribution in [0.5, 0.6) is 0 Å². The fourth-order valence-electron chi connectivity index (χ4n) is 1.98. The Morgan fingerprint density at radius 1 is 1.35 bits per heavy atom. The lowest BCUT2D eigenvalue weighted by Crippen LogP contribution is -2.27. The number of aliphatic hydroxyl groups is 1. The van der Waals surface area contributed by atoms with E-state index < -0.39 is 6.10 Å². The van der Waals surface area contributed by atoms with Crippen molar-refractivity contribution in [2.75, 3.05) is 0 Å². The van der Waals surface area contributed by atoms with Crippen molar-refractivity contribution < 1.29 is 9.90 Å². The molecule has 0 saturated carbocycles. The van der Waals surface area contributed by atoms with Gasteiger partial charge in [-0.05, 0) is 30.8 Å². The molecule has 0 bridgehead atoms. The molecule has 0 aromatic carbocycles. The minimum absolute atomic E-state index is 0.150. The van der Waals surface area contributed by atoms with Gasteiger partial charge in [0.25, 0.3) is 0 Å². The van der Waals surface area contributed by atoms with Crippen molar-refractivity contribution in [1.29, 1.82) is 0 Å². The van der Waals surface area contributed by atoms with Crippen LogP contribution in [-0.2, 0) is 4.79 Å². The number of hydrogen-bond acceptors (Lipinski definition) is 2. The topological polar surface area (TPSA) is 37.3 Å². The van der Waals surface area contributed by atoms with Crippen LogP contribution in [0.1, 0.15) is 46.5 Å². The van der Waals surface area contributed by atoms with Gasteiger partial charge in [0.1, 0.15) is 0 Å². The van der Waals surface area contributed by atoms with Crippen LogP contribution >= 0.6 is 0 Å². The zero-order chi connectivity index (χ0) is 13.1. The van der Waals surface area contributed by atoms with Crippen LogP contribution < -0.4 is 0 Å². The number of carbonyl (C=O) groups is 1. The van der Waals surface area contributed by atoms with Gasteiger partial charge in [0.2, 0.25) is 0 Å². The van der Waals surface area contributed by atoms with Gasteiger partial charge < -0.3 is 5.11 Å². The molecule has 0 saturated heterocycles. The molecular weight excluding hydrogens is 212 g/mol. The predicted octanol–water partition coefficient (Wildman–Crippen LogP) is 3.27. The molecule has 17 heavy (non-hydrogen) atoms. The molecule has 0 aliphatic heterocycles. The van der Waals surface area contributed by atoms with E-state index in [1.54, 1.807) is 0 Å². The molecule has 0 radical (unpaired) electrons. The first-order valence-corrected chi connectivity index (χ1v) is 6.41. The van der Waals surface area contributed by atoms with Gasteiger partial charge >= 0.3 is 0 Å². The monoisotopic (exact) mass is 236 g/mol. The summed E-state index contributed by atoms with van der Waals surface area (Å²) in [6.45, 7) is 9.99. The molecule has 96 valence electrons. The van der Waals surface area contributed by atoms with Crippen LogP contribution in [0.25, 0.3) is 0 Å². The maximum atomic E-state index is 11.8. The first-order chi connectivity index (χ1) is 7.83. The molecule has 1 aliphatic rings. The van der Waals surface area contributed by atoms with E-state index in [4.69, 9.17) is 0 Å². The van der Waals surface area contributed by atoms with Crippen molar-refractivity contribution in [3.05, 3.63) is 24.3 Å². The highest BCUT2D eigenvalue weighted by molar-refractivity contribution is 5.94. The summed E-state index contributed by atoms with van der Waals surface area (Å²) in [7, 11) is 0.